The molecule has 0 aliphatic carbocycles. The maximum Gasteiger partial charge on any atom is 0.306 e. The van der Waals surface area contributed by atoms with Crippen molar-refractivity contribution in [3.8, 4) is 0 Å². The first-order chi connectivity index (χ1) is 39.6. The second-order valence-electron chi connectivity index (χ2n) is 22.3. The molecule has 0 N–H and O–H groups in total. The molecule has 0 heterocycles. The van der Waals surface area contributed by atoms with E-state index < -0.39 is 24.3 Å². The van der Waals surface area contributed by atoms with Crippen molar-refractivity contribution >= 4 is 17.9 Å². The van der Waals surface area contributed by atoms with Gasteiger partial charge in [0.25, 0.3) is 0 Å². The van der Waals surface area contributed by atoms with E-state index in [4.69, 9.17) is 18.9 Å². The minimum atomic E-state index is -1.64. The van der Waals surface area contributed by atoms with E-state index in [0.717, 1.165) is 103 Å². The van der Waals surface area contributed by atoms with Crippen LogP contribution in [0.2, 0.25) is 0 Å². The van der Waals surface area contributed by atoms with Crippen LogP contribution in [0.3, 0.4) is 0 Å². The molecule has 0 bridgehead atoms. The Morgan fingerprint density at radius 1 is 0.370 bits per heavy atom. The van der Waals surface area contributed by atoms with E-state index in [2.05, 4.69) is 148 Å². The van der Waals surface area contributed by atoms with Gasteiger partial charge in [-0.05, 0) is 109 Å². The van der Waals surface area contributed by atoms with Crippen LogP contribution >= 0.6 is 0 Å². The minimum absolute atomic E-state index is 0.133. The van der Waals surface area contributed by atoms with Crippen molar-refractivity contribution in [2.45, 2.75) is 257 Å². The number of ether oxygens (including phenoxy) is 4. The first kappa shape index (κ1) is 76.4. The van der Waals surface area contributed by atoms with Gasteiger partial charge in [-0.1, -0.05) is 257 Å². The lowest BCUT2D eigenvalue weighted by Gasteiger charge is -2.26. The van der Waals surface area contributed by atoms with Gasteiger partial charge in [0.2, 0.25) is 0 Å². The molecule has 0 aliphatic rings. The standard InChI is InChI=1S/C72H119NO8/c1-6-8-10-12-14-16-18-20-22-24-26-28-29-30-31-32-33-34-35-36-37-38-39-40-41-43-44-46-48-50-52-54-56-58-60-62-69(74)79-66-68(67-80-72(71(76)77)78-65-64-73(3,4)5)81-70(75)63-61-59-57-55-53-51-49-47-45-42-27-25-23-21-19-17-15-13-11-9-7-2/h8-11,14-17,20-23,26-28,30-31,42,47,49,53,55,68,72H,6-7,12-13,18-19,24-25,29,32-41,43-46,48,50-52,54,56-67H2,1-5H3/b10-8-,11-9-,16-14-,17-15-,22-20-,23-21-,28-26-,31-30-,42-27-,49-47-,55-53-. The maximum atomic E-state index is 12.9. The summed E-state index contributed by atoms with van der Waals surface area (Å²) in [4.78, 5) is 37.4. The average Bonchev–Trinajstić information content (AvgIpc) is 3.44. The third-order valence-corrected chi connectivity index (χ3v) is 13.4. The molecule has 0 aliphatic heterocycles. The number of hydrogen-bond donors (Lipinski definition) is 0. The highest BCUT2D eigenvalue weighted by Gasteiger charge is 2.22. The Hall–Kier alpha value is -4.57. The van der Waals surface area contributed by atoms with Crippen molar-refractivity contribution in [1.29, 1.82) is 0 Å². The fourth-order valence-corrected chi connectivity index (χ4v) is 8.51. The van der Waals surface area contributed by atoms with Crippen LogP contribution in [0.1, 0.15) is 245 Å². The van der Waals surface area contributed by atoms with Crippen molar-refractivity contribution in [1.82, 2.24) is 0 Å². The molecule has 460 valence electrons. The van der Waals surface area contributed by atoms with E-state index in [0.29, 0.717) is 17.4 Å². The number of carboxylic acids is 1. The number of nitrogens with zero attached hydrogens (tertiary/aromatic N) is 1. The number of unbranched alkanes of at least 4 members (excludes halogenated alkanes) is 21. The van der Waals surface area contributed by atoms with Gasteiger partial charge in [0.1, 0.15) is 13.2 Å². The molecule has 0 radical (unpaired) electrons. The van der Waals surface area contributed by atoms with Gasteiger partial charge in [-0.25, -0.2) is 0 Å². The van der Waals surface area contributed by atoms with Gasteiger partial charge in [-0.15, -0.1) is 0 Å². The predicted octanol–water partition coefficient (Wildman–Crippen LogP) is 18.5. The Kier molecular flexibility index (Phi) is 58.0. The zero-order valence-electron chi connectivity index (χ0n) is 52.4. The quantitative estimate of drug-likeness (QED) is 0.0195. The second kappa shape index (κ2) is 61.5. The molecule has 0 saturated heterocycles. The van der Waals surface area contributed by atoms with Crippen LogP contribution in [0.15, 0.2) is 134 Å². The molecular formula is C72H119NO8. The number of likely N-dealkylation sites (N-methyl/N-ethyl adjacent to an activating group) is 1. The van der Waals surface area contributed by atoms with Crippen LogP contribution in [-0.2, 0) is 33.3 Å². The number of carbonyl (C=O) groups is 3. The van der Waals surface area contributed by atoms with Crippen LogP contribution in [0.5, 0.6) is 0 Å². The molecule has 0 saturated carbocycles. The molecule has 0 rings (SSSR count). The van der Waals surface area contributed by atoms with Gasteiger partial charge in [0.05, 0.1) is 40.3 Å². The molecule has 81 heavy (non-hydrogen) atoms. The molecular weight excluding hydrogens is 1010 g/mol. The van der Waals surface area contributed by atoms with Crippen LogP contribution in [0.25, 0.3) is 0 Å². The summed E-state index contributed by atoms with van der Waals surface area (Å²) in [5.74, 6) is -2.35. The molecule has 0 amide bonds. The van der Waals surface area contributed by atoms with Crippen molar-refractivity contribution in [3.05, 3.63) is 134 Å². The van der Waals surface area contributed by atoms with E-state index in [1.165, 1.54) is 109 Å². The van der Waals surface area contributed by atoms with E-state index in [9.17, 15) is 19.5 Å². The van der Waals surface area contributed by atoms with Gasteiger partial charge < -0.3 is 33.3 Å². The number of hydrogen-bond acceptors (Lipinski definition) is 8. The number of esters is 2. The zero-order chi connectivity index (χ0) is 59.1. The molecule has 0 fully saturated rings. The van der Waals surface area contributed by atoms with Crippen LogP contribution in [0, 0.1) is 0 Å². The highest BCUT2D eigenvalue weighted by Crippen LogP contribution is 2.16. The summed E-state index contributed by atoms with van der Waals surface area (Å²) in [5.41, 5.74) is 0. The van der Waals surface area contributed by atoms with Gasteiger partial charge in [0.15, 0.2) is 12.4 Å². The predicted molar refractivity (Wildman–Crippen MR) is 343 cm³/mol. The fraction of sp³-hybridized carbons (Fsp3) is 0.653. The largest absolute Gasteiger partial charge is 0.545 e. The summed E-state index contributed by atoms with van der Waals surface area (Å²) in [5, 5.41) is 11.8. The van der Waals surface area contributed by atoms with Gasteiger partial charge in [-0.3, -0.25) is 9.59 Å². The van der Waals surface area contributed by atoms with Gasteiger partial charge in [-0.2, -0.15) is 0 Å². The Morgan fingerprint density at radius 2 is 0.667 bits per heavy atom. The normalized spacial score (nSPS) is 13.6. The summed E-state index contributed by atoms with van der Waals surface area (Å²) in [6.45, 7) is 4.47. The number of aliphatic carboxylic acids is 1. The van der Waals surface area contributed by atoms with Crippen molar-refractivity contribution < 1.29 is 42.9 Å². The van der Waals surface area contributed by atoms with Gasteiger partial charge >= 0.3 is 11.9 Å². The topological polar surface area (TPSA) is 111 Å². The van der Waals surface area contributed by atoms with Crippen LogP contribution < -0.4 is 5.11 Å². The summed E-state index contributed by atoms with van der Waals surface area (Å²) in [6, 6.07) is 0. The Bertz CT molecular complexity index is 1790. The summed E-state index contributed by atoms with van der Waals surface area (Å²) < 4.78 is 22.7. The second-order valence-corrected chi connectivity index (χ2v) is 22.3. The first-order valence-electron chi connectivity index (χ1n) is 32.3. The third kappa shape index (κ3) is 62.9. The summed E-state index contributed by atoms with van der Waals surface area (Å²) in [6.07, 6.45) is 85.3. The molecule has 2 atom stereocenters. The SMILES string of the molecule is CC/C=C\C/C=C\C/C=C\C/C=C\C/C=C\C/C=C\CCCCC(=O)OC(COC(=O)CCCCCCCCCCCCCCCCCCCCC/C=C\C/C=C\C/C=C\C/C=C\C/C=C\CC)COC(OCC[N+](C)(C)C)C(=O)[O-]. The molecule has 0 aromatic rings. The Labute approximate surface area is 497 Å². The molecule has 0 spiro atoms. The van der Waals surface area contributed by atoms with E-state index in [1.807, 2.05) is 21.1 Å². The van der Waals surface area contributed by atoms with Crippen molar-refractivity contribution in [3.63, 3.8) is 0 Å². The van der Waals surface area contributed by atoms with Crippen molar-refractivity contribution in [2.24, 2.45) is 0 Å². The lowest BCUT2D eigenvalue weighted by molar-refractivity contribution is -0.870. The molecule has 0 aromatic heterocycles. The molecule has 2 unspecified atom stereocenters. The first-order valence-corrected chi connectivity index (χ1v) is 32.3. The maximum absolute atomic E-state index is 12.9. The summed E-state index contributed by atoms with van der Waals surface area (Å²) >= 11 is 0. The number of allylic oxidation sites excluding steroid dienone is 22. The smallest absolute Gasteiger partial charge is 0.306 e. The number of carbonyl (C=O) groups excluding carboxylic acids is 3. The highest BCUT2D eigenvalue weighted by molar-refractivity contribution is 5.70. The zero-order valence-corrected chi connectivity index (χ0v) is 52.4. The van der Waals surface area contributed by atoms with E-state index >= 15 is 0 Å². The molecule has 0 aromatic carbocycles. The van der Waals surface area contributed by atoms with Crippen LogP contribution in [-0.4, -0.2) is 82.3 Å². The lowest BCUT2D eigenvalue weighted by Crippen LogP contribution is -2.44. The average molecular weight is 1130 g/mol. The summed E-state index contributed by atoms with van der Waals surface area (Å²) in [7, 11) is 5.90. The van der Waals surface area contributed by atoms with E-state index in [1.54, 1.807) is 0 Å². The molecule has 9 heteroatoms. The number of rotatable bonds is 58. The van der Waals surface area contributed by atoms with Crippen LogP contribution in [0.4, 0.5) is 0 Å². The monoisotopic (exact) mass is 1130 g/mol. The molecule has 9 nitrogen and oxygen atoms in total. The Balaban J connectivity index is 4.16. The lowest BCUT2D eigenvalue weighted by atomic mass is 10.0. The van der Waals surface area contributed by atoms with Gasteiger partial charge in [0, 0.05) is 12.8 Å². The third-order valence-electron chi connectivity index (χ3n) is 13.4. The number of quaternary nitrogens is 1. The Morgan fingerprint density at radius 3 is 1.01 bits per heavy atom. The highest BCUT2D eigenvalue weighted by atomic mass is 16.7. The minimum Gasteiger partial charge on any atom is -0.545 e. The fourth-order valence-electron chi connectivity index (χ4n) is 8.51. The van der Waals surface area contributed by atoms with Crippen molar-refractivity contribution in [2.75, 3.05) is 47.5 Å². The number of carboxylic acid groups (broad SMARTS) is 1. The van der Waals surface area contributed by atoms with E-state index in [-0.39, 0.29) is 38.6 Å².